The Labute approximate surface area is 194 Å². The lowest BCUT2D eigenvalue weighted by atomic mass is 9.95. The molecule has 2 N–H and O–H groups in total. The third-order valence-corrected chi connectivity index (χ3v) is 5.62. The monoisotopic (exact) mass is 472 g/mol. The first-order valence-corrected chi connectivity index (χ1v) is 10.6. The Bertz CT molecular complexity index is 1110. The number of halogens is 1. The topological polar surface area (TPSA) is 138 Å². The van der Waals surface area contributed by atoms with Gasteiger partial charge in [-0.25, -0.2) is 0 Å². The first-order chi connectivity index (χ1) is 15.7. The maximum absolute atomic E-state index is 12.9. The summed E-state index contributed by atoms with van der Waals surface area (Å²) in [5, 5.41) is 31.1. The molecule has 1 aliphatic heterocycles. The minimum atomic E-state index is -0.903. The highest BCUT2D eigenvalue weighted by Crippen LogP contribution is 2.40. The molecule has 0 spiro atoms. The van der Waals surface area contributed by atoms with Crippen molar-refractivity contribution in [1.29, 1.82) is 0 Å². The van der Waals surface area contributed by atoms with Crippen LogP contribution in [0.15, 0.2) is 54.1 Å². The van der Waals surface area contributed by atoms with Crippen LogP contribution in [-0.2, 0) is 14.4 Å². The van der Waals surface area contributed by atoms with E-state index in [1.165, 1.54) is 29.2 Å². The standard InChI is InChI=1S/C23H21ClN2O7/c24-16-9-5-14(6-10-16)20-19(21(29)15-7-11-17(12-8-15)26(32)33)22(30)23(31)25(20)13-3-1-2-4-18(27)28/h5-12,20,29H,1-4,13H2,(H,27,28)/b21-19-. The Morgan fingerprint density at radius 3 is 2.21 bits per heavy atom. The van der Waals surface area contributed by atoms with E-state index in [-0.39, 0.29) is 29.8 Å². The maximum atomic E-state index is 12.9. The van der Waals surface area contributed by atoms with Crippen LogP contribution in [0.4, 0.5) is 5.69 Å². The molecule has 10 heteroatoms. The van der Waals surface area contributed by atoms with Gasteiger partial charge < -0.3 is 15.1 Å². The average Bonchev–Trinajstić information content (AvgIpc) is 3.03. The molecule has 2 aromatic carbocycles. The number of nitro groups is 1. The van der Waals surface area contributed by atoms with Crippen LogP contribution in [0.1, 0.15) is 42.9 Å². The lowest BCUT2D eigenvalue weighted by Crippen LogP contribution is -2.30. The smallest absolute Gasteiger partial charge is 0.303 e. The number of rotatable bonds is 9. The third kappa shape index (κ3) is 5.38. The van der Waals surface area contributed by atoms with Gasteiger partial charge in [-0.15, -0.1) is 0 Å². The summed E-state index contributed by atoms with van der Waals surface area (Å²) in [6, 6.07) is 10.7. The average molecular weight is 473 g/mol. The van der Waals surface area contributed by atoms with Crippen molar-refractivity contribution >= 4 is 40.7 Å². The molecule has 1 heterocycles. The predicted octanol–water partition coefficient (Wildman–Crippen LogP) is 4.31. The minimum Gasteiger partial charge on any atom is -0.507 e. The number of benzene rings is 2. The summed E-state index contributed by atoms with van der Waals surface area (Å²) in [6.07, 6.45) is 1.47. The van der Waals surface area contributed by atoms with Gasteiger partial charge in [-0.2, -0.15) is 0 Å². The normalized spacial score (nSPS) is 17.4. The van der Waals surface area contributed by atoms with E-state index in [4.69, 9.17) is 16.7 Å². The Kier molecular flexibility index (Phi) is 7.44. The van der Waals surface area contributed by atoms with E-state index in [1.807, 2.05) is 0 Å². The number of likely N-dealkylation sites (tertiary alicyclic amines) is 1. The highest BCUT2D eigenvalue weighted by molar-refractivity contribution is 6.46. The van der Waals surface area contributed by atoms with E-state index in [2.05, 4.69) is 0 Å². The van der Waals surface area contributed by atoms with Crippen LogP contribution in [0.2, 0.25) is 5.02 Å². The molecule has 0 saturated carbocycles. The van der Waals surface area contributed by atoms with Crippen LogP contribution in [0.3, 0.4) is 0 Å². The van der Waals surface area contributed by atoms with Gasteiger partial charge >= 0.3 is 5.97 Å². The van der Waals surface area contributed by atoms with Crippen LogP contribution in [0, 0.1) is 10.1 Å². The largest absolute Gasteiger partial charge is 0.507 e. The quantitative estimate of drug-likeness (QED) is 0.138. The number of nitro benzene ring substituents is 1. The number of unbranched alkanes of at least 4 members (excludes halogenated alkanes) is 2. The van der Waals surface area contributed by atoms with Crippen molar-refractivity contribution in [3.05, 3.63) is 80.4 Å². The summed E-state index contributed by atoms with van der Waals surface area (Å²) in [5.74, 6) is -2.98. The molecule has 0 bridgehead atoms. The van der Waals surface area contributed by atoms with Gasteiger partial charge in [0.05, 0.1) is 16.5 Å². The number of non-ortho nitro benzene ring substituents is 1. The van der Waals surface area contributed by atoms with Crippen LogP contribution in [0.5, 0.6) is 0 Å². The number of carbonyl (C=O) groups is 3. The molecule has 1 unspecified atom stereocenters. The van der Waals surface area contributed by atoms with Gasteiger partial charge in [0.2, 0.25) is 0 Å². The van der Waals surface area contributed by atoms with Gasteiger partial charge in [0, 0.05) is 35.7 Å². The van der Waals surface area contributed by atoms with E-state index in [1.54, 1.807) is 24.3 Å². The number of hydrogen-bond donors (Lipinski definition) is 2. The van der Waals surface area contributed by atoms with Gasteiger partial charge in [-0.3, -0.25) is 24.5 Å². The summed E-state index contributed by atoms with van der Waals surface area (Å²) in [7, 11) is 0. The van der Waals surface area contributed by atoms with Crippen LogP contribution >= 0.6 is 11.6 Å². The number of Topliss-reactive ketones (excluding diaryl/α,β-unsaturated/α-hetero) is 1. The second kappa shape index (κ2) is 10.3. The maximum Gasteiger partial charge on any atom is 0.303 e. The number of amides is 1. The molecule has 3 rings (SSSR count). The number of carbonyl (C=O) groups excluding carboxylic acids is 2. The molecule has 1 aliphatic rings. The van der Waals surface area contributed by atoms with Gasteiger partial charge in [-0.05, 0) is 42.7 Å². The fraction of sp³-hybridized carbons (Fsp3) is 0.261. The lowest BCUT2D eigenvalue weighted by Gasteiger charge is -2.25. The zero-order chi connectivity index (χ0) is 24.1. The number of carboxylic acid groups (broad SMARTS) is 1. The number of aliphatic hydroxyl groups is 1. The van der Waals surface area contributed by atoms with E-state index >= 15 is 0 Å². The first kappa shape index (κ1) is 23.9. The number of aliphatic hydroxyl groups excluding tert-OH is 1. The number of hydrogen-bond acceptors (Lipinski definition) is 6. The van der Waals surface area contributed by atoms with Crippen LogP contribution in [0.25, 0.3) is 5.76 Å². The van der Waals surface area contributed by atoms with Crippen molar-refractivity contribution in [2.45, 2.75) is 31.7 Å². The number of nitrogens with zero attached hydrogens (tertiary/aromatic N) is 2. The van der Waals surface area contributed by atoms with E-state index in [0.29, 0.717) is 29.8 Å². The van der Waals surface area contributed by atoms with Gasteiger partial charge in [0.1, 0.15) is 5.76 Å². The number of ketones is 1. The molecule has 0 aliphatic carbocycles. The molecular weight excluding hydrogens is 452 g/mol. The Balaban J connectivity index is 1.97. The SMILES string of the molecule is O=C(O)CCCCCN1C(=O)C(=O)/C(=C(\O)c2ccc([N+](=O)[O-])cc2)C1c1ccc(Cl)cc1. The van der Waals surface area contributed by atoms with Gasteiger partial charge in [0.15, 0.2) is 0 Å². The fourth-order valence-corrected chi connectivity index (χ4v) is 3.86. The van der Waals surface area contributed by atoms with Crippen molar-refractivity contribution < 1.29 is 29.5 Å². The molecule has 1 saturated heterocycles. The molecule has 9 nitrogen and oxygen atoms in total. The number of carboxylic acids is 1. The van der Waals surface area contributed by atoms with Gasteiger partial charge in [0.25, 0.3) is 17.4 Å². The van der Waals surface area contributed by atoms with Gasteiger partial charge in [-0.1, -0.05) is 30.2 Å². The number of aliphatic carboxylic acids is 1. The van der Waals surface area contributed by atoms with Crippen LogP contribution < -0.4 is 0 Å². The van der Waals surface area contributed by atoms with E-state index < -0.39 is 34.4 Å². The van der Waals surface area contributed by atoms with Crippen molar-refractivity contribution in [1.82, 2.24) is 4.90 Å². The molecule has 1 fully saturated rings. The predicted molar refractivity (Wildman–Crippen MR) is 120 cm³/mol. The molecule has 0 radical (unpaired) electrons. The molecule has 1 amide bonds. The zero-order valence-corrected chi connectivity index (χ0v) is 18.2. The Morgan fingerprint density at radius 2 is 1.64 bits per heavy atom. The van der Waals surface area contributed by atoms with Crippen molar-refractivity contribution in [3.8, 4) is 0 Å². The first-order valence-electron chi connectivity index (χ1n) is 10.2. The Hall–Kier alpha value is -3.72. The van der Waals surface area contributed by atoms with E-state index in [0.717, 1.165) is 0 Å². The van der Waals surface area contributed by atoms with Crippen molar-refractivity contribution in [2.24, 2.45) is 0 Å². The minimum absolute atomic E-state index is 0.0135. The molecule has 33 heavy (non-hydrogen) atoms. The third-order valence-electron chi connectivity index (χ3n) is 5.37. The summed E-state index contributed by atoms with van der Waals surface area (Å²) >= 11 is 5.98. The molecule has 0 aromatic heterocycles. The highest BCUT2D eigenvalue weighted by Gasteiger charge is 2.45. The molecular formula is C23H21ClN2O7. The van der Waals surface area contributed by atoms with E-state index in [9.17, 15) is 29.6 Å². The highest BCUT2D eigenvalue weighted by atomic mass is 35.5. The van der Waals surface area contributed by atoms with Crippen LogP contribution in [-0.4, -0.2) is 44.2 Å². The lowest BCUT2D eigenvalue weighted by molar-refractivity contribution is -0.384. The second-order valence-electron chi connectivity index (χ2n) is 7.55. The van der Waals surface area contributed by atoms with Crippen molar-refractivity contribution in [2.75, 3.05) is 6.54 Å². The summed E-state index contributed by atoms with van der Waals surface area (Å²) in [6.45, 7) is 0.189. The Morgan fingerprint density at radius 1 is 1.00 bits per heavy atom. The fourth-order valence-electron chi connectivity index (χ4n) is 3.73. The molecule has 172 valence electrons. The van der Waals surface area contributed by atoms with Crippen molar-refractivity contribution in [3.63, 3.8) is 0 Å². The summed E-state index contributed by atoms with van der Waals surface area (Å²) in [4.78, 5) is 48.1. The molecule has 2 aromatic rings. The second-order valence-corrected chi connectivity index (χ2v) is 7.99. The summed E-state index contributed by atoms with van der Waals surface area (Å²) in [5.41, 5.74) is 0.427. The molecule has 1 atom stereocenters. The zero-order valence-electron chi connectivity index (χ0n) is 17.4. The summed E-state index contributed by atoms with van der Waals surface area (Å²) < 4.78 is 0.